The summed E-state index contributed by atoms with van der Waals surface area (Å²) in [6.07, 6.45) is 0. The number of hydrogen-bond acceptors (Lipinski definition) is 5. The van der Waals surface area contributed by atoms with E-state index >= 15 is 0 Å². The van der Waals surface area contributed by atoms with E-state index in [4.69, 9.17) is 14.2 Å². The highest BCUT2D eigenvalue weighted by Gasteiger charge is 2.26. The molecule has 0 saturated heterocycles. The molecule has 2 aromatic rings. The van der Waals surface area contributed by atoms with Gasteiger partial charge in [-0.2, -0.15) is 0 Å². The molecule has 1 heterocycles. The first kappa shape index (κ1) is 19.6. The fraction of sp³-hybridized carbons (Fsp3) is 0.400. The van der Waals surface area contributed by atoms with Crippen LogP contribution < -0.4 is 9.47 Å². The van der Waals surface area contributed by atoms with Gasteiger partial charge in [-0.25, -0.2) is 4.79 Å². The lowest BCUT2D eigenvalue weighted by atomic mass is 10.1. The fourth-order valence-electron chi connectivity index (χ4n) is 3.17. The first-order chi connectivity index (χ1) is 12.3. The summed E-state index contributed by atoms with van der Waals surface area (Å²) in [7, 11) is 2.89. The molecule has 1 aromatic heterocycles. The number of rotatable bonds is 7. The summed E-state index contributed by atoms with van der Waals surface area (Å²) in [6.45, 7) is 7.87. The Hall–Kier alpha value is -2.76. The van der Waals surface area contributed by atoms with E-state index in [1.165, 1.54) is 7.11 Å². The van der Waals surface area contributed by atoms with Gasteiger partial charge in [0.05, 0.1) is 14.2 Å². The van der Waals surface area contributed by atoms with E-state index in [9.17, 15) is 9.59 Å². The molecule has 1 aromatic carbocycles. The largest absolute Gasteiger partial charge is 0.493 e. The normalized spacial score (nSPS) is 10.5. The number of carbonyl (C=O) groups is 2. The second kappa shape index (κ2) is 8.08. The summed E-state index contributed by atoms with van der Waals surface area (Å²) in [4.78, 5) is 24.9. The number of methoxy groups -OCH3 is 2. The number of Topliss-reactive ketones (excluding diaryl/α,β-unsaturated/α-hetero) is 1. The van der Waals surface area contributed by atoms with Crippen molar-refractivity contribution >= 4 is 11.8 Å². The Balaban J connectivity index is 2.31. The molecule has 0 aliphatic carbocycles. The monoisotopic (exact) mass is 359 g/mol. The number of aryl methyl sites for hydroxylation is 1. The molecule has 0 aliphatic heterocycles. The first-order valence-electron chi connectivity index (χ1n) is 8.44. The minimum atomic E-state index is -0.451. The Bertz CT molecular complexity index is 835. The van der Waals surface area contributed by atoms with Crippen molar-refractivity contribution in [1.82, 2.24) is 4.57 Å². The summed E-state index contributed by atoms with van der Waals surface area (Å²) in [5.41, 5.74) is 3.28. The van der Waals surface area contributed by atoms with Crippen LogP contribution in [0.2, 0.25) is 0 Å². The standard InChI is InChI=1S/C20H25NO5/c1-7-21-14(4)18(13(3)19(21)20(23)25-6)15(22)11-26-16-9-8-12(2)10-17(16)24-5/h8-10H,7,11H2,1-6H3. The van der Waals surface area contributed by atoms with E-state index in [1.807, 2.05) is 32.9 Å². The van der Waals surface area contributed by atoms with Gasteiger partial charge in [-0.3, -0.25) is 4.79 Å². The SMILES string of the molecule is CCn1c(C)c(C(=O)COc2ccc(C)cc2OC)c(C)c1C(=O)OC. The van der Waals surface area contributed by atoms with E-state index in [-0.39, 0.29) is 12.4 Å². The van der Waals surface area contributed by atoms with E-state index in [0.717, 1.165) is 11.3 Å². The van der Waals surface area contributed by atoms with Crippen LogP contribution in [-0.4, -0.2) is 37.1 Å². The molecule has 0 atom stereocenters. The second-order valence-corrected chi connectivity index (χ2v) is 6.04. The Morgan fingerprint density at radius 2 is 1.77 bits per heavy atom. The van der Waals surface area contributed by atoms with E-state index in [2.05, 4.69) is 0 Å². The number of nitrogens with zero attached hydrogens (tertiary/aromatic N) is 1. The van der Waals surface area contributed by atoms with Gasteiger partial charge in [-0.15, -0.1) is 0 Å². The molecule has 2 rings (SSSR count). The van der Waals surface area contributed by atoms with Gasteiger partial charge < -0.3 is 18.8 Å². The summed E-state index contributed by atoms with van der Waals surface area (Å²) in [5.74, 6) is 0.435. The van der Waals surface area contributed by atoms with Gasteiger partial charge in [0.25, 0.3) is 0 Å². The van der Waals surface area contributed by atoms with Crippen LogP contribution in [0.15, 0.2) is 18.2 Å². The smallest absolute Gasteiger partial charge is 0.354 e. The molecule has 0 fully saturated rings. The lowest BCUT2D eigenvalue weighted by molar-refractivity contribution is 0.0587. The van der Waals surface area contributed by atoms with Crippen LogP contribution >= 0.6 is 0 Å². The molecular weight excluding hydrogens is 334 g/mol. The minimum absolute atomic E-state index is 0.143. The fourth-order valence-corrected chi connectivity index (χ4v) is 3.17. The quantitative estimate of drug-likeness (QED) is 0.559. The number of hydrogen-bond donors (Lipinski definition) is 0. The lowest BCUT2D eigenvalue weighted by Crippen LogP contribution is -2.14. The van der Waals surface area contributed by atoms with Gasteiger partial charge in [-0.1, -0.05) is 6.07 Å². The van der Waals surface area contributed by atoms with Gasteiger partial charge in [-0.05, 0) is 51.0 Å². The number of ketones is 1. The van der Waals surface area contributed by atoms with Gasteiger partial charge in [0.2, 0.25) is 5.78 Å². The van der Waals surface area contributed by atoms with Crippen LogP contribution in [0.5, 0.6) is 11.5 Å². The molecule has 0 spiro atoms. The average Bonchev–Trinajstić information content (AvgIpc) is 2.89. The molecule has 140 valence electrons. The zero-order valence-corrected chi connectivity index (χ0v) is 16.1. The minimum Gasteiger partial charge on any atom is -0.493 e. The van der Waals surface area contributed by atoms with Gasteiger partial charge in [0.15, 0.2) is 18.1 Å². The Morgan fingerprint density at radius 3 is 2.35 bits per heavy atom. The van der Waals surface area contributed by atoms with Crippen LogP contribution in [0.4, 0.5) is 0 Å². The van der Waals surface area contributed by atoms with Crippen molar-refractivity contribution < 1.29 is 23.8 Å². The molecule has 0 amide bonds. The Morgan fingerprint density at radius 1 is 1.08 bits per heavy atom. The third-order valence-electron chi connectivity index (χ3n) is 4.42. The molecule has 0 aliphatic rings. The van der Waals surface area contributed by atoms with Crippen LogP contribution in [0.1, 0.15) is 44.6 Å². The molecule has 26 heavy (non-hydrogen) atoms. The van der Waals surface area contributed by atoms with E-state index < -0.39 is 5.97 Å². The van der Waals surface area contributed by atoms with Crippen molar-refractivity contribution in [1.29, 1.82) is 0 Å². The third-order valence-corrected chi connectivity index (χ3v) is 4.42. The average molecular weight is 359 g/mol. The third kappa shape index (κ3) is 3.59. The molecule has 6 heteroatoms. The number of benzene rings is 1. The van der Waals surface area contributed by atoms with Crippen LogP contribution in [0.3, 0.4) is 0 Å². The second-order valence-electron chi connectivity index (χ2n) is 6.04. The topological polar surface area (TPSA) is 66.8 Å². The van der Waals surface area contributed by atoms with Crippen molar-refractivity contribution in [2.24, 2.45) is 0 Å². The van der Waals surface area contributed by atoms with Crippen molar-refractivity contribution in [3.8, 4) is 11.5 Å². The highest BCUT2D eigenvalue weighted by atomic mass is 16.5. The predicted molar refractivity (Wildman–Crippen MR) is 98.5 cm³/mol. The molecule has 0 bridgehead atoms. The maximum Gasteiger partial charge on any atom is 0.354 e. The van der Waals surface area contributed by atoms with E-state index in [0.29, 0.717) is 34.9 Å². The van der Waals surface area contributed by atoms with Crippen molar-refractivity contribution in [3.05, 3.63) is 46.3 Å². The van der Waals surface area contributed by atoms with Crippen LogP contribution in [0.25, 0.3) is 0 Å². The highest BCUT2D eigenvalue weighted by Crippen LogP contribution is 2.29. The first-order valence-corrected chi connectivity index (χ1v) is 8.44. The summed E-state index contributed by atoms with van der Waals surface area (Å²) >= 11 is 0. The van der Waals surface area contributed by atoms with Crippen molar-refractivity contribution in [3.63, 3.8) is 0 Å². The van der Waals surface area contributed by atoms with Gasteiger partial charge >= 0.3 is 5.97 Å². The maximum absolute atomic E-state index is 12.8. The molecule has 0 saturated carbocycles. The van der Waals surface area contributed by atoms with Gasteiger partial charge in [0, 0.05) is 17.8 Å². The number of aromatic nitrogens is 1. The molecular formula is C20H25NO5. The number of esters is 1. The zero-order valence-electron chi connectivity index (χ0n) is 16.1. The number of ether oxygens (including phenoxy) is 3. The van der Waals surface area contributed by atoms with Crippen molar-refractivity contribution in [2.45, 2.75) is 34.2 Å². The summed E-state index contributed by atoms with van der Waals surface area (Å²) < 4.78 is 17.6. The predicted octanol–water partition coefficient (Wildman–Crippen LogP) is 3.49. The summed E-state index contributed by atoms with van der Waals surface area (Å²) in [5, 5.41) is 0. The molecule has 6 nitrogen and oxygen atoms in total. The number of carbonyl (C=O) groups excluding carboxylic acids is 2. The summed E-state index contributed by atoms with van der Waals surface area (Å²) in [6, 6.07) is 5.51. The molecule has 0 N–H and O–H groups in total. The maximum atomic E-state index is 12.8. The van der Waals surface area contributed by atoms with Crippen molar-refractivity contribution in [2.75, 3.05) is 20.8 Å². The molecule has 0 unspecified atom stereocenters. The Labute approximate surface area is 153 Å². The lowest BCUT2D eigenvalue weighted by Gasteiger charge is -2.11. The van der Waals surface area contributed by atoms with E-state index in [1.54, 1.807) is 24.7 Å². The van der Waals surface area contributed by atoms with Crippen LogP contribution in [-0.2, 0) is 11.3 Å². The van der Waals surface area contributed by atoms with Gasteiger partial charge in [0.1, 0.15) is 5.69 Å². The zero-order chi connectivity index (χ0) is 19.4. The molecule has 0 radical (unpaired) electrons. The Kier molecular flexibility index (Phi) is 6.08. The van der Waals surface area contributed by atoms with Crippen LogP contribution in [0, 0.1) is 20.8 Å². The highest BCUT2D eigenvalue weighted by molar-refractivity contribution is 6.03.